The Morgan fingerprint density at radius 2 is 1.21 bits per heavy atom. The third-order valence-corrected chi connectivity index (χ3v) is 6.93. The molecule has 0 bridgehead atoms. The third-order valence-electron chi connectivity index (χ3n) is 6.93. The first-order chi connectivity index (χ1) is 18.9. The van der Waals surface area contributed by atoms with Gasteiger partial charge in [-0.2, -0.15) is 0 Å². The number of rotatable bonds is 7. The highest BCUT2D eigenvalue weighted by atomic mass is 16.5. The van der Waals surface area contributed by atoms with Crippen molar-refractivity contribution in [2.45, 2.75) is 34.6 Å². The molecule has 0 unspecified atom stereocenters. The number of carbonyl (C=O) groups is 1. The standard InChI is InChI=1S/C34H33N3O2/c1-6-39-34(38)29-18-16-27(17-19-29)20-31(28-10-8-7-9-11-28)30-21-32(36-23(2)12-13-24(36)3)35-33(22-30)37-25(4)14-15-26(37)5/h7-22H,6H2,1-5H3/b31-20+. The number of carbonyl (C=O) groups excluding carboxylic acids is 1. The van der Waals surface area contributed by atoms with Crippen molar-refractivity contribution in [1.29, 1.82) is 0 Å². The van der Waals surface area contributed by atoms with Crippen LogP contribution < -0.4 is 0 Å². The van der Waals surface area contributed by atoms with Crippen LogP contribution in [0, 0.1) is 27.7 Å². The normalized spacial score (nSPS) is 11.6. The summed E-state index contributed by atoms with van der Waals surface area (Å²) in [6.45, 7) is 10.6. The van der Waals surface area contributed by atoms with Crippen molar-refractivity contribution in [3.8, 4) is 11.6 Å². The quantitative estimate of drug-likeness (QED) is 0.165. The second-order valence-electron chi connectivity index (χ2n) is 9.74. The van der Waals surface area contributed by atoms with Crippen LogP contribution in [0.3, 0.4) is 0 Å². The number of ether oxygens (including phenoxy) is 1. The maximum absolute atomic E-state index is 12.2. The highest BCUT2D eigenvalue weighted by Crippen LogP contribution is 2.30. The lowest BCUT2D eigenvalue weighted by atomic mass is 9.95. The Bertz CT molecular complexity index is 1550. The van der Waals surface area contributed by atoms with Crippen molar-refractivity contribution in [3.05, 3.63) is 136 Å². The van der Waals surface area contributed by atoms with E-state index >= 15 is 0 Å². The number of benzene rings is 2. The Morgan fingerprint density at radius 1 is 0.692 bits per heavy atom. The fraction of sp³-hybridized carbons (Fsp3) is 0.176. The predicted octanol–water partition coefficient (Wildman–Crippen LogP) is 7.66. The summed E-state index contributed by atoms with van der Waals surface area (Å²) in [4.78, 5) is 17.3. The summed E-state index contributed by atoms with van der Waals surface area (Å²) in [7, 11) is 0. The van der Waals surface area contributed by atoms with Crippen LogP contribution >= 0.6 is 0 Å². The van der Waals surface area contributed by atoms with Gasteiger partial charge in [-0.15, -0.1) is 0 Å². The topological polar surface area (TPSA) is 49.1 Å². The SMILES string of the molecule is CCOC(=O)c1ccc(/C=C(\c2ccccc2)c2cc(-n3c(C)ccc3C)nc(-n3c(C)ccc3C)c2)cc1. The largest absolute Gasteiger partial charge is 0.462 e. The van der Waals surface area contributed by atoms with E-state index in [1.54, 1.807) is 0 Å². The van der Waals surface area contributed by atoms with Crippen molar-refractivity contribution in [2.75, 3.05) is 6.61 Å². The van der Waals surface area contributed by atoms with Crippen molar-refractivity contribution in [2.24, 2.45) is 0 Å². The van der Waals surface area contributed by atoms with Crippen LogP contribution in [-0.4, -0.2) is 26.7 Å². The van der Waals surface area contributed by atoms with Crippen LogP contribution in [0.4, 0.5) is 0 Å². The zero-order chi connectivity index (χ0) is 27.5. The van der Waals surface area contributed by atoms with E-state index in [-0.39, 0.29) is 5.97 Å². The molecule has 2 aromatic carbocycles. The molecule has 39 heavy (non-hydrogen) atoms. The predicted molar refractivity (Wildman–Crippen MR) is 158 cm³/mol. The molecule has 0 spiro atoms. The molecule has 5 rings (SSSR count). The van der Waals surface area contributed by atoms with Gasteiger partial charge in [-0.25, -0.2) is 9.78 Å². The first-order valence-electron chi connectivity index (χ1n) is 13.2. The minimum atomic E-state index is -0.311. The highest BCUT2D eigenvalue weighted by Gasteiger charge is 2.16. The van der Waals surface area contributed by atoms with Gasteiger partial charge in [-0.3, -0.25) is 0 Å². The molecule has 3 aromatic heterocycles. The van der Waals surface area contributed by atoms with Gasteiger partial charge in [0.25, 0.3) is 0 Å². The first kappa shape index (κ1) is 26.0. The van der Waals surface area contributed by atoms with Crippen molar-refractivity contribution in [3.63, 3.8) is 0 Å². The molecule has 3 heterocycles. The van der Waals surface area contributed by atoms with Crippen molar-refractivity contribution >= 4 is 17.6 Å². The van der Waals surface area contributed by atoms with Crippen LogP contribution in [0.15, 0.2) is 91.0 Å². The van der Waals surface area contributed by atoms with Crippen LogP contribution in [0.1, 0.15) is 56.7 Å². The molecule has 0 saturated heterocycles. The number of hydrogen-bond acceptors (Lipinski definition) is 3. The maximum Gasteiger partial charge on any atom is 0.338 e. The van der Waals surface area contributed by atoms with Crippen LogP contribution in [0.2, 0.25) is 0 Å². The Labute approximate surface area is 230 Å². The van der Waals surface area contributed by atoms with E-state index in [0.29, 0.717) is 12.2 Å². The Kier molecular flexibility index (Phi) is 7.33. The molecule has 5 nitrogen and oxygen atoms in total. The summed E-state index contributed by atoms with van der Waals surface area (Å²) < 4.78 is 9.54. The average Bonchev–Trinajstić information content (AvgIpc) is 3.46. The molecule has 0 aliphatic rings. The molecule has 5 heteroatoms. The van der Waals surface area contributed by atoms with Gasteiger partial charge in [0.05, 0.1) is 12.2 Å². The first-order valence-corrected chi connectivity index (χ1v) is 13.2. The van der Waals surface area contributed by atoms with Gasteiger partial charge in [0.2, 0.25) is 0 Å². The van der Waals surface area contributed by atoms with E-state index in [2.05, 4.69) is 104 Å². The van der Waals surface area contributed by atoms with Gasteiger partial charge in [-0.05, 0) is 111 Å². The second kappa shape index (κ2) is 11.0. The van der Waals surface area contributed by atoms with E-state index in [9.17, 15) is 4.79 Å². The van der Waals surface area contributed by atoms with E-state index in [0.717, 1.165) is 56.7 Å². The molecule has 5 aromatic rings. The number of aromatic nitrogens is 3. The molecule has 196 valence electrons. The van der Waals surface area contributed by atoms with Crippen LogP contribution in [0.25, 0.3) is 23.3 Å². The lowest BCUT2D eigenvalue weighted by molar-refractivity contribution is 0.0526. The Morgan fingerprint density at radius 3 is 1.69 bits per heavy atom. The minimum absolute atomic E-state index is 0.311. The zero-order valence-corrected chi connectivity index (χ0v) is 23.1. The zero-order valence-electron chi connectivity index (χ0n) is 23.1. The third kappa shape index (κ3) is 5.34. The molecule has 0 N–H and O–H groups in total. The van der Waals surface area contributed by atoms with Gasteiger partial charge in [-0.1, -0.05) is 42.5 Å². The summed E-state index contributed by atoms with van der Waals surface area (Å²) in [5.74, 6) is 1.43. The summed E-state index contributed by atoms with van der Waals surface area (Å²) in [6, 6.07) is 30.7. The van der Waals surface area contributed by atoms with Crippen LogP contribution in [0.5, 0.6) is 0 Å². The Hall–Kier alpha value is -4.64. The van der Waals surface area contributed by atoms with E-state index in [4.69, 9.17) is 9.72 Å². The molecule has 0 fully saturated rings. The molecule has 0 saturated carbocycles. The molecule has 0 radical (unpaired) electrons. The van der Waals surface area contributed by atoms with Gasteiger partial charge < -0.3 is 13.9 Å². The van der Waals surface area contributed by atoms with E-state index < -0.39 is 0 Å². The summed E-state index contributed by atoms with van der Waals surface area (Å²) >= 11 is 0. The van der Waals surface area contributed by atoms with Gasteiger partial charge in [0.1, 0.15) is 11.6 Å². The van der Waals surface area contributed by atoms with E-state index in [1.165, 1.54) is 0 Å². The molecule has 0 amide bonds. The summed E-state index contributed by atoms with van der Waals surface area (Å²) in [5, 5.41) is 0. The van der Waals surface area contributed by atoms with Crippen LogP contribution in [-0.2, 0) is 4.74 Å². The number of esters is 1. The molecular formula is C34H33N3O2. The second-order valence-corrected chi connectivity index (χ2v) is 9.74. The minimum Gasteiger partial charge on any atom is -0.462 e. The fourth-order valence-corrected chi connectivity index (χ4v) is 4.99. The van der Waals surface area contributed by atoms with E-state index in [1.807, 2.05) is 37.3 Å². The van der Waals surface area contributed by atoms with Gasteiger partial charge in [0, 0.05) is 22.8 Å². The monoisotopic (exact) mass is 515 g/mol. The molecule has 0 atom stereocenters. The van der Waals surface area contributed by atoms with Gasteiger partial charge >= 0.3 is 5.97 Å². The molecule has 0 aliphatic carbocycles. The Balaban J connectivity index is 1.72. The summed E-state index contributed by atoms with van der Waals surface area (Å²) in [5.41, 5.74) is 9.26. The fourth-order valence-electron chi connectivity index (χ4n) is 4.99. The van der Waals surface area contributed by atoms with Gasteiger partial charge in [0.15, 0.2) is 0 Å². The number of pyridine rings is 1. The summed E-state index contributed by atoms with van der Waals surface area (Å²) in [6.07, 6.45) is 2.16. The highest BCUT2D eigenvalue weighted by molar-refractivity contribution is 5.93. The van der Waals surface area contributed by atoms with Crippen molar-refractivity contribution < 1.29 is 9.53 Å². The number of aryl methyl sites for hydroxylation is 4. The van der Waals surface area contributed by atoms with Crippen molar-refractivity contribution in [1.82, 2.24) is 14.1 Å². The maximum atomic E-state index is 12.2. The molecular weight excluding hydrogens is 482 g/mol. The average molecular weight is 516 g/mol. The molecule has 0 aliphatic heterocycles. The smallest absolute Gasteiger partial charge is 0.338 e. The lowest BCUT2D eigenvalue weighted by Gasteiger charge is -2.17. The number of nitrogens with zero attached hydrogens (tertiary/aromatic N) is 3. The number of hydrogen-bond donors (Lipinski definition) is 0. The lowest BCUT2D eigenvalue weighted by Crippen LogP contribution is -2.09.